The van der Waals surface area contributed by atoms with Gasteiger partial charge in [-0.05, 0) is 41.0 Å². The maximum absolute atomic E-state index is 13.6. The Labute approximate surface area is 179 Å². The van der Waals surface area contributed by atoms with Gasteiger partial charge in [-0.1, -0.05) is 42.5 Å². The molecule has 1 fully saturated rings. The molecule has 6 nitrogen and oxygen atoms in total. The van der Waals surface area contributed by atoms with E-state index < -0.39 is 11.5 Å². The highest BCUT2D eigenvalue weighted by atomic mass is 19.1. The molecule has 1 saturated heterocycles. The largest absolute Gasteiger partial charge is 0.367 e. The van der Waals surface area contributed by atoms with Gasteiger partial charge in [0.25, 0.3) is 11.8 Å². The van der Waals surface area contributed by atoms with Crippen LogP contribution in [0.3, 0.4) is 0 Å². The second-order valence-corrected chi connectivity index (χ2v) is 7.54. The Hall–Kier alpha value is -3.58. The fourth-order valence-corrected chi connectivity index (χ4v) is 3.81. The molecule has 1 aliphatic rings. The topological polar surface area (TPSA) is 85.5 Å². The van der Waals surface area contributed by atoms with E-state index in [-0.39, 0.29) is 31.3 Å². The second-order valence-electron chi connectivity index (χ2n) is 7.54. The lowest BCUT2D eigenvalue weighted by Crippen LogP contribution is -2.61. The zero-order chi connectivity index (χ0) is 21.8. The van der Waals surface area contributed by atoms with E-state index in [0.717, 1.165) is 16.7 Å². The molecular weight excluding hydrogens is 397 g/mol. The lowest BCUT2D eigenvalue weighted by molar-refractivity contribution is -0.153. The molecule has 1 aromatic heterocycles. The molecule has 1 aliphatic heterocycles. The number of benzene rings is 2. The fourth-order valence-electron chi connectivity index (χ4n) is 3.81. The van der Waals surface area contributed by atoms with Gasteiger partial charge in [0.15, 0.2) is 5.60 Å². The molecule has 0 aliphatic carbocycles. The molecule has 0 spiro atoms. The molecule has 2 aromatic carbocycles. The summed E-state index contributed by atoms with van der Waals surface area (Å²) in [6.45, 7) is 0.556. The van der Waals surface area contributed by atoms with Crippen LogP contribution < -0.4 is 5.73 Å². The van der Waals surface area contributed by atoms with Crippen molar-refractivity contribution in [2.45, 2.75) is 12.0 Å². The predicted octanol–water partition coefficient (Wildman–Crippen LogP) is 2.83. The first-order valence-electron chi connectivity index (χ1n) is 9.96. The summed E-state index contributed by atoms with van der Waals surface area (Å²) >= 11 is 0. The number of rotatable bonds is 5. The third-order valence-electron chi connectivity index (χ3n) is 5.38. The number of nitrogens with two attached hydrogens (primary N) is 1. The first kappa shape index (κ1) is 20.7. The van der Waals surface area contributed by atoms with E-state index in [2.05, 4.69) is 4.98 Å². The molecule has 31 heavy (non-hydrogen) atoms. The van der Waals surface area contributed by atoms with Crippen LogP contribution in [0.15, 0.2) is 72.9 Å². The van der Waals surface area contributed by atoms with Gasteiger partial charge in [0.2, 0.25) is 0 Å². The Morgan fingerprint density at radius 2 is 1.84 bits per heavy atom. The normalized spacial score (nSPS) is 18.5. The molecule has 2 amide bonds. The van der Waals surface area contributed by atoms with Crippen LogP contribution in [0.2, 0.25) is 0 Å². The standard InChI is InChI=1S/C24H22FN3O3/c25-20-8-4-7-19(14-20)18-6-3-5-17(13-18)15-24(23(26)30)16-28(11-12-31-24)22(29)21-9-1-2-10-27-21/h1-10,13-14H,11-12,15-16H2,(H2,26,30)/t24-/m1/s1. The summed E-state index contributed by atoms with van der Waals surface area (Å²) in [5, 5.41) is 0. The highest BCUT2D eigenvalue weighted by Crippen LogP contribution is 2.27. The van der Waals surface area contributed by atoms with Gasteiger partial charge in [-0.15, -0.1) is 0 Å². The lowest BCUT2D eigenvalue weighted by Gasteiger charge is -2.40. The molecule has 1 atom stereocenters. The number of aromatic nitrogens is 1. The van der Waals surface area contributed by atoms with Crippen LogP contribution in [0, 0.1) is 5.82 Å². The average Bonchev–Trinajstić information content (AvgIpc) is 2.79. The third kappa shape index (κ3) is 4.46. The minimum atomic E-state index is -1.36. The van der Waals surface area contributed by atoms with Crippen molar-refractivity contribution in [3.63, 3.8) is 0 Å². The molecular formula is C24H22FN3O3. The van der Waals surface area contributed by atoms with E-state index in [9.17, 15) is 14.0 Å². The van der Waals surface area contributed by atoms with Crippen molar-refractivity contribution in [1.82, 2.24) is 9.88 Å². The zero-order valence-corrected chi connectivity index (χ0v) is 16.8. The summed E-state index contributed by atoms with van der Waals surface area (Å²) in [4.78, 5) is 31.0. The quantitative estimate of drug-likeness (QED) is 0.689. The van der Waals surface area contributed by atoms with Crippen LogP contribution in [0.25, 0.3) is 11.1 Å². The van der Waals surface area contributed by atoms with Crippen molar-refractivity contribution >= 4 is 11.8 Å². The van der Waals surface area contributed by atoms with Crippen molar-refractivity contribution in [3.8, 4) is 11.1 Å². The Balaban J connectivity index is 1.60. The van der Waals surface area contributed by atoms with Gasteiger partial charge < -0.3 is 15.4 Å². The number of hydrogen-bond acceptors (Lipinski definition) is 4. The summed E-state index contributed by atoms with van der Waals surface area (Å²) in [5.41, 5.74) is 7.04. The summed E-state index contributed by atoms with van der Waals surface area (Å²) in [6.07, 6.45) is 1.74. The van der Waals surface area contributed by atoms with Crippen LogP contribution in [0.1, 0.15) is 16.1 Å². The molecule has 0 unspecified atom stereocenters. The summed E-state index contributed by atoms with van der Waals surface area (Å²) in [5.74, 6) is -1.24. The Kier molecular flexibility index (Phi) is 5.77. The maximum atomic E-state index is 13.6. The number of hydrogen-bond donors (Lipinski definition) is 1. The van der Waals surface area contributed by atoms with Crippen molar-refractivity contribution < 1.29 is 18.7 Å². The van der Waals surface area contributed by atoms with Crippen LogP contribution in [-0.4, -0.2) is 47.0 Å². The van der Waals surface area contributed by atoms with Crippen molar-refractivity contribution in [1.29, 1.82) is 0 Å². The van der Waals surface area contributed by atoms with Gasteiger partial charge >= 0.3 is 0 Å². The van der Waals surface area contributed by atoms with Gasteiger partial charge in [0.05, 0.1) is 13.2 Å². The van der Waals surface area contributed by atoms with Crippen LogP contribution in [0.4, 0.5) is 4.39 Å². The SMILES string of the molecule is NC(=O)[C@@]1(Cc2cccc(-c3cccc(F)c3)c2)CN(C(=O)c2ccccn2)CCO1. The molecule has 2 N–H and O–H groups in total. The maximum Gasteiger partial charge on any atom is 0.272 e. The van der Waals surface area contributed by atoms with E-state index in [0.29, 0.717) is 12.2 Å². The van der Waals surface area contributed by atoms with Gasteiger partial charge in [-0.25, -0.2) is 4.39 Å². The van der Waals surface area contributed by atoms with E-state index in [1.807, 2.05) is 30.3 Å². The average molecular weight is 419 g/mol. The Bertz CT molecular complexity index is 1110. The number of nitrogens with zero attached hydrogens (tertiary/aromatic N) is 2. The number of morpholine rings is 1. The smallest absolute Gasteiger partial charge is 0.272 e. The number of amides is 2. The van der Waals surface area contributed by atoms with Crippen molar-refractivity contribution in [3.05, 3.63) is 90.0 Å². The monoisotopic (exact) mass is 419 g/mol. The van der Waals surface area contributed by atoms with Gasteiger partial charge in [0, 0.05) is 19.2 Å². The van der Waals surface area contributed by atoms with Gasteiger partial charge in [-0.2, -0.15) is 0 Å². The molecule has 3 aromatic rings. The van der Waals surface area contributed by atoms with Gasteiger partial charge in [0.1, 0.15) is 11.5 Å². The molecule has 0 bridgehead atoms. The summed E-state index contributed by atoms with van der Waals surface area (Å²) < 4.78 is 19.5. The van der Waals surface area contributed by atoms with Crippen LogP contribution in [0.5, 0.6) is 0 Å². The minimum absolute atomic E-state index is 0.0297. The van der Waals surface area contributed by atoms with E-state index in [1.165, 1.54) is 12.1 Å². The first-order valence-corrected chi connectivity index (χ1v) is 9.96. The van der Waals surface area contributed by atoms with Crippen LogP contribution >= 0.6 is 0 Å². The van der Waals surface area contributed by atoms with Gasteiger partial charge in [-0.3, -0.25) is 14.6 Å². The summed E-state index contributed by atoms with van der Waals surface area (Å²) in [6, 6.07) is 18.8. The first-order chi connectivity index (χ1) is 15.0. The Morgan fingerprint density at radius 3 is 2.55 bits per heavy atom. The molecule has 158 valence electrons. The third-order valence-corrected chi connectivity index (χ3v) is 5.38. The number of carbonyl (C=O) groups excluding carboxylic acids is 2. The number of carbonyl (C=O) groups is 2. The van der Waals surface area contributed by atoms with Crippen LogP contribution in [-0.2, 0) is 16.0 Å². The fraction of sp³-hybridized carbons (Fsp3) is 0.208. The van der Waals surface area contributed by atoms with Crippen molar-refractivity contribution in [2.24, 2.45) is 5.73 Å². The molecule has 2 heterocycles. The zero-order valence-electron chi connectivity index (χ0n) is 16.8. The minimum Gasteiger partial charge on any atom is -0.367 e. The number of halogens is 1. The van der Waals surface area contributed by atoms with Crippen molar-refractivity contribution in [2.75, 3.05) is 19.7 Å². The van der Waals surface area contributed by atoms with E-state index in [1.54, 1.807) is 35.4 Å². The molecule has 0 saturated carbocycles. The van der Waals surface area contributed by atoms with E-state index in [4.69, 9.17) is 10.5 Å². The second kappa shape index (κ2) is 8.65. The molecule has 4 rings (SSSR count). The summed E-state index contributed by atoms with van der Waals surface area (Å²) in [7, 11) is 0. The predicted molar refractivity (Wildman–Crippen MR) is 114 cm³/mol. The highest BCUT2D eigenvalue weighted by molar-refractivity contribution is 5.93. The number of ether oxygens (including phenoxy) is 1. The molecule has 7 heteroatoms. The number of primary amides is 1. The van der Waals surface area contributed by atoms with E-state index >= 15 is 0 Å². The Morgan fingerprint density at radius 1 is 1.06 bits per heavy atom. The molecule has 0 radical (unpaired) electrons. The highest BCUT2D eigenvalue weighted by Gasteiger charge is 2.44. The number of pyridine rings is 1. The lowest BCUT2D eigenvalue weighted by atomic mass is 9.90.